The predicted octanol–water partition coefficient (Wildman–Crippen LogP) is 7.83. The van der Waals surface area contributed by atoms with Gasteiger partial charge in [0.2, 0.25) is 0 Å². The first kappa shape index (κ1) is 34.1. The molecule has 0 saturated carbocycles. The molecule has 1 saturated heterocycles. The molecular formula is C35H37CuN2O3SSi-2. The monoisotopic (exact) mass is 656 g/mol. The zero-order valence-electron chi connectivity index (χ0n) is 25.1. The van der Waals surface area contributed by atoms with E-state index in [0.717, 1.165) is 27.9 Å². The van der Waals surface area contributed by atoms with E-state index >= 15 is 0 Å². The molecule has 228 valence electrons. The molecule has 5 nitrogen and oxygen atoms in total. The minimum atomic E-state index is -4.68. The Kier molecular flexibility index (Phi) is 11.4. The van der Waals surface area contributed by atoms with Crippen LogP contribution in [0, 0.1) is 38.9 Å². The Balaban J connectivity index is 0.000000567. The Bertz CT molecular complexity index is 1660. The molecule has 1 fully saturated rings. The summed E-state index contributed by atoms with van der Waals surface area (Å²) in [4.78, 5) is 3.88. The molecule has 0 aromatic heterocycles. The van der Waals surface area contributed by atoms with Crippen LogP contribution < -0.4 is 9.80 Å². The molecule has 0 unspecified atom stereocenters. The van der Waals surface area contributed by atoms with Gasteiger partial charge in [0.1, 0.15) is 10.1 Å². The van der Waals surface area contributed by atoms with Crippen molar-refractivity contribution in [3.8, 4) is 11.5 Å². The van der Waals surface area contributed by atoms with Gasteiger partial charge >= 0.3 is 17.1 Å². The van der Waals surface area contributed by atoms with E-state index in [0.29, 0.717) is 5.69 Å². The van der Waals surface area contributed by atoms with Crippen LogP contribution >= 0.6 is 0 Å². The largest absolute Gasteiger partial charge is 1.00 e. The maximum Gasteiger partial charge on any atom is 1.00 e. The number of aryl methyl sites for hydroxylation is 2. The molecule has 5 rings (SSSR count). The molecule has 0 spiro atoms. The van der Waals surface area contributed by atoms with Crippen molar-refractivity contribution in [2.75, 3.05) is 9.80 Å². The minimum absolute atomic E-state index is 0. The SMILES string of the molecule is Cc1cc(C)cc(N2[CH-]N(c3ccccc3S(=O)(=O)[O-])[C@@H](c3ccccc3)[C@@H]2c2ccccc2)c1.[CH2-]C#C[Si](C)(C)C.[Cu+]. The summed E-state index contributed by atoms with van der Waals surface area (Å²) in [6, 6.07) is 32.5. The Morgan fingerprint density at radius 3 is 1.67 bits per heavy atom. The topological polar surface area (TPSA) is 63.7 Å². The van der Waals surface area contributed by atoms with Gasteiger partial charge in [-0.2, -0.15) is 13.6 Å². The van der Waals surface area contributed by atoms with E-state index in [1.807, 2.05) is 60.1 Å². The number of anilines is 2. The maximum absolute atomic E-state index is 12.2. The summed E-state index contributed by atoms with van der Waals surface area (Å²) in [5, 5.41) is 0. The number of hydrogen-bond donors (Lipinski definition) is 0. The van der Waals surface area contributed by atoms with E-state index in [2.05, 4.69) is 87.1 Å². The summed E-state index contributed by atoms with van der Waals surface area (Å²) in [6.07, 6.45) is 0. The van der Waals surface area contributed by atoms with Crippen molar-refractivity contribution < 1.29 is 30.0 Å². The predicted molar refractivity (Wildman–Crippen MR) is 174 cm³/mol. The van der Waals surface area contributed by atoms with Crippen LogP contribution in [0.15, 0.2) is 108 Å². The molecule has 4 aromatic carbocycles. The molecule has 1 aliphatic heterocycles. The second-order valence-electron chi connectivity index (χ2n) is 11.5. The van der Waals surface area contributed by atoms with Crippen LogP contribution in [-0.4, -0.2) is 21.0 Å². The van der Waals surface area contributed by atoms with Gasteiger partial charge in [0, 0.05) is 19.4 Å². The zero-order valence-corrected chi connectivity index (χ0v) is 27.8. The first-order chi connectivity index (χ1) is 19.9. The van der Waals surface area contributed by atoms with Crippen molar-refractivity contribution in [2.45, 2.75) is 50.5 Å². The molecule has 0 bridgehead atoms. The van der Waals surface area contributed by atoms with Crippen LogP contribution in [0.3, 0.4) is 0 Å². The van der Waals surface area contributed by atoms with Gasteiger partial charge < -0.3 is 19.9 Å². The number of nitrogens with zero attached hydrogens (tertiary/aromatic N) is 2. The fourth-order valence-corrected chi connectivity index (χ4v) is 6.46. The Hall–Kier alpha value is -3.44. The van der Waals surface area contributed by atoms with Crippen LogP contribution in [0.5, 0.6) is 0 Å². The number of benzene rings is 4. The van der Waals surface area contributed by atoms with Crippen LogP contribution in [0.1, 0.15) is 34.3 Å². The van der Waals surface area contributed by atoms with Gasteiger partial charge in [-0.25, -0.2) is 8.42 Å². The molecule has 0 N–H and O–H groups in total. The molecular weight excluding hydrogens is 620 g/mol. The van der Waals surface area contributed by atoms with Crippen LogP contribution in [0.2, 0.25) is 19.6 Å². The second-order valence-corrected chi connectivity index (χ2v) is 17.6. The van der Waals surface area contributed by atoms with Crippen LogP contribution in [0.25, 0.3) is 0 Å². The van der Waals surface area contributed by atoms with E-state index in [1.165, 1.54) is 6.07 Å². The third-order valence-corrected chi connectivity index (χ3v) is 8.62. The fourth-order valence-electron chi connectivity index (χ4n) is 5.25. The Morgan fingerprint density at radius 2 is 1.23 bits per heavy atom. The molecule has 4 aromatic rings. The summed E-state index contributed by atoms with van der Waals surface area (Å²) >= 11 is 0. The maximum atomic E-state index is 12.2. The van der Waals surface area contributed by atoms with Crippen molar-refractivity contribution >= 4 is 29.6 Å². The summed E-state index contributed by atoms with van der Waals surface area (Å²) in [5.41, 5.74) is 8.80. The van der Waals surface area contributed by atoms with Gasteiger partial charge in [0.25, 0.3) is 0 Å². The van der Waals surface area contributed by atoms with Crippen molar-refractivity contribution in [3.05, 3.63) is 139 Å². The van der Waals surface area contributed by atoms with Gasteiger partial charge in [-0.3, -0.25) is 5.92 Å². The molecule has 0 aliphatic carbocycles. The number of para-hydroxylation sites is 1. The molecule has 0 radical (unpaired) electrons. The standard InChI is InChI=1S/C29H27N2O3S.C6H11Si.Cu/c1-21-17-22(2)19-25(18-21)30-20-31(26-15-9-10-16-27(26)35(32,33)34)29(24-13-7-4-8-14-24)28(30)23-11-5-3-6-12-23;1-5-6-7(2,3)4;/h3-20,28-29H,1-2H3,(H,32,33,34);1H2,2-4H3;/q2*-1;+1/p-1/t28-,29-;;/m0../s1. The van der Waals surface area contributed by atoms with Gasteiger partial charge in [-0.05, 0) is 60.4 Å². The normalized spacial score (nSPS) is 16.3. The van der Waals surface area contributed by atoms with Gasteiger partial charge in [-0.1, -0.05) is 98.5 Å². The first-order valence-electron chi connectivity index (χ1n) is 13.8. The van der Waals surface area contributed by atoms with Crippen molar-refractivity contribution in [1.29, 1.82) is 0 Å². The van der Waals surface area contributed by atoms with E-state index < -0.39 is 18.2 Å². The fraction of sp³-hybridized carbons (Fsp3) is 0.200. The first-order valence-corrected chi connectivity index (χ1v) is 18.7. The zero-order chi connectivity index (χ0) is 30.5. The van der Waals surface area contributed by atoms with Crippen LogP contribution in [-0.2, 0) is 27.2 Å². The molecule has 0 amide bonds. The second kappa shape index (κ2) is 14.4. The average Bonchev–Trinajstić information content (AvgIpc) is 3.33. The van der Waals surface area contributed by atoms with Gasteiger partial charge in [0.15, 0.2) is 0 Å². The molecule has 2 atom stereocenters. The molecule has 1 heterocycles. The average molecular weight is 657 g/mol. The third-order valence-electron chi connectivity index (χ3n) is 6.81. The summed E-state index contributed by atoms with van der Waals surface area (Å²) in [6.45, 7) is 16.1. The van der Waals surface area contributed by atoms with Crippen LogP contribution in [0.4, 0.5) is 11.4 Å². The smallest absolute Gasteiger partial charge is 0.744 e. The minimum Gasteiger partial charge on any atom is -0.744 e. The van der Waals surface area contributed by atoms with Crippen molar-refractivity contribution in [2.24, 2.45) is 0 Å². The molecule has 1 aliphatic rings. The van der Waals surface area contributed by atoms with Crippen molar-refractivity contribution in [1.82, 2.24) is 0 Å². The van der Waals surface area contributed by atoms with E-state index in [-0.39, 0.29) is 34.0 Å². The van der Waals surface area contributed by atoms with Crippen molar-refractivity contribution in [3.63, 3.8) is 0 Å². The summed E-state index contributed by atoms with van der Waals surface area (Å²) in [5.74, 6) is 2.67. The van der Waals surface area contributed by atoms with Gasteiger partial charge in [-0.15, -0.1) is 0 Å². The Morgan fingerprint density at radius 1 is 0.767 bits per heavy atom. The quantitative estimate of drug-likeness (QED) is 0.0948. The van der Waals surface area contributed by atoms with E-state index in [9.17, 15) is 13.0 Å². The van der Waals surface area contributed by atoms with Gasteiger partial charge in [0.05, 0.1) is 17.0 Å². The van der Waals surface area contributed by atoms with E-state index in [4.69, 9.17) is 0 Å². The number of rotatable bonds is 5. The summed E-state index contributed by atoms with van der Waals surface area (Å²) < 4.78 is 36.7. The molecule has 8 heteroatoms. The number of hydrogen-bond acceptors (Lipinski definition) is 5. The molecule has 43 heavy (non-hydrogen) atoms. The summed E-state index contributed by atoms with van der Waals surface area (Å²) in [7, 11) is -5.77. The Labute approximate surface area is 269 Å². The third kappa shape index (κ3) is 8.57. The van der Waals surface area contributed by atoms with E-state index in [1.54, 1.807) is 18.2 Å².